The SMILES string of the molecule is CCC[C@@H](C)NS(=O)(=O)c1ccc(OC)c(NC(=O)c2ccccc2)c1. The van der Waals surface area contributed by atoms with Crippen LogP contribution in [0.25, 0.3) is 0 Å². The molecule has 0 aromatic heterocycles. The summed E-state index contributed by atoms with van der Waals surface area (Å²) in [5.74, 6) is 0.0422. The van der Waals surface area contributed by atoms with Gasteiger partial charge in [0, 0.05) is 11.6 Å². The van der Waals surface area contributed by atoms with Gasteiger partial charge in [-0.05, 0) is 43.7 Å². The number of methoxy groups -OCH3 is 1. The number of carbonyl (C=O) groups is 1. The number of hydrogen-bond donors (Lipinski definition) is 2. The van der Waals surface area contributed by atoms with E-state index >= 15 is 0 Å². The third kappa shape index (κ3) is 5.06. The molecule has 0 aliphatic heterocycles. The van der Waals surface area contributed by atoms with Crippen LogP contribution in [-0.4, -0.2) is 27.5 Å². The zero-order valence-electron chi connectivity index (χ0n) is 15.2. The van der Waals surface area contributed by atoms with Crippen molar-refractivity contribution in [3.05, 3.63) is 54.1 Å². The maximum Gasteiger partial charge on any atom is 0.255 e. The Morgan fingerprint density at radius 3 is 2.46 bits per heavy atom. The van der Waals surface area contributed by atoms with Crippen LogP contribution in [0.3, 0.4) is 0 Å². The smallest absolute Gasteiger partial charge is 0.255 e. The molecular formula is C19H24N2O4S. The predicted octanol–water partition coefficient (Wildman–Crippen LogP) is 3.41. The van der Waals surface area contributed by atoms with Crippen LogP contribution in [0, 0.1) is 0 Å². The molecule has 6 nitrogen and oxygen atoms in total. The molecule has 1 amide bonds. The Hall–Kier alpha value is -2.38. The number of ether oxygens (including phenoxy) is 1. The summed E-state index contributed by atoms with van der Waals surface area (Å²) in [6.45, 7) is 3.82. The lowest BCUT2D eigenvalue weighted by atomic mass is 10.2. The zero-order valence-corrected chi connectivity index (χ0v) is 16.0. The Labute approximate surface area is 154 Å². The average Bonchev–Trinajstić information content (AvgIpc) is 2.62. The van der Waals surface area contributed by atoms with E-state index in [0.717, 1.165) is 12.8 Å². The molecule has 0 spiro atoms. The average molecular weight is 376 g/mol. The van der Waals surface area contributed by atoms with E-state index in [1.54, 1.807) is 24.3 Å². The van der Waals surface area contributed by atoms with Crippen LogP contribution in [0.4, 0.5) is 5.69 Å². The molecule has 2 N–H and O–H groups in total. The Kier molecular flexibility index (Phi) is 6.76. The first-order valence-corrected chi connectivity index (χ1v) is 9.92. The molecule has 0 bridgehead atoms. The van der Waals surface area contributed by atoms with Gasteiger partial charge in [0.05, 0.1) is 17.7 Å². The third-order valence-electron chi connectivity index (χ3n) is 3.84. The molecule has 0 radical (unpaired) electrons. The van der Waals surface area contributed by atoms with Crippen LogP contribution < -0.4 is 14.8 Å². The first-order valence-electron chi connectivity index (χ1n) is 8.44. The second-order valence-electron chi connectivity index (χ2n) is 5.99. The molecule has 0 heterocycles. The van der Waals surface area contributed by atoms with E-state index in [0.29, 0.717) is 17.0 Å². The van der Waals surface area contributed by atoms with E-state index in [-0.39, 0.29) is 16.8 Å². The molecule has 2 aromatic carbocycles. The first-order chi connectivity index (χ1) is 12.4. The number of hydrogen-bond acceptors (Lipinski definition) is 4. The molecule has 0 fully saturated rings. The monoisotopic (exact) mass is 376 g/mol. The van der Waals surface area contributed by atoms with Gasteiger partial charge in [-0.15, -0.1) is 0 Å². The van der Waals surface area contributed by atoms with Crippen molar-refractivity contribution >= 4 is 21.6 Å². The van der Waals surface area contributed by atoms with Gasteiger partial charge in [-0.2, -0.15) is 0 Å². The number of nitrogens with one attached hydrogen (secondary N) is 2. The maximum atomic E-state index is 12.6. The molecule has 140 valence electrons. The van der Waals surface area contributed by atoms with Gasteiger partial charge < -0.3 is 10.1 Å². The van der Waals surface area contributed by atoms with Crippen molar-refractivity contribution in [2.75, 3.05) is 12.4 Å². The van der Waals surface area contributed by atoms with Gasteiger partial charge in [0.25, 0.3) is 5.91 Å². The van der Waals surface area contributed by atoms with Gasteiger partial charge in [0.2, 0.25) is 10.0 Å². The molecule has 0 saturated heterocycles. The highest BCUT2D eigenvalue weighted by atomic mass is 32.2. The van der Waals surface area contributed by atoms with Crippen LogP contribution in [0.1, 0.15) is 37.0 Å². The summed E-state index contributed by atoms with van der Waals surface area (Å²) in [5.41, 5.74) is 0.768. The van der Waals surface area contributed by atoms with Gasteiger partial charge >= 0.3 is 0 Å². The van der Waals surface area contributed by atoms with Crippen molar-refractivity contribution in [3.63, 3.8) is 0 Å². The van der Waals surface area contributed by atoms with Gasteiger partial charge in [-0.1, -0.05) is 31.5 Å². The fraction of sp³-hybridized carbons (Fsp3) is 0.316. The normalized spacial score (nSPS) is 12.4. The molecule has 7 heteroatoms. The van der Waals surface area contributed by atoms with E-state index < -0.39 is 10.0 Å². The van der Waals surface area contributed by atoms with Crippen molar-refractivity contribution in [1.29, 1.82) is 0 Å². The second-order valence-corrected chi connectivity index (χ2v) is 7.71. The van der Waals surface area contributed by atoms with Crippen molar-refractivity contribution < 1.29 is 17.9 Å². The van der Waals surface area contributed by atoms with E-state index in [2.05, 4.69) is 10.0 Å². The maximum absolute atomic E-state index is 12.6. The molecule has 2 rings (SSSR count). The molecular weight excluding hydrogens is 352 g/mol. The van der Waals surface area contributed by atoms with Crippen molar-refractivity contribution in [2.45, 2.75) is 37.6 Å². The summed E-state index contributed by atoms with van der Waals surface area (Å²) in [5, 5.41) is 2.71. The first kappa shape index (κ1) is 19.9. The van der Waals surface area contributed by atoms with Crippen LogP contribution in [0.15, 0.2) is 53.4 Å². The summed E-state index contributed by atoms with van der Waals surface area (Å²) in [7, 11) is -2.22. The number of rotatable bonds is 8. The van der Waals surface area contributed by atoms with Crippen LogP contribution in [0.2, 0.25) is 0 Å². The summed E-state index contributed by atoms with van der Waals surface area (Å²) >= 11 is 0. The summed E-state index contributed by atoms with van der Waals surface area (Å²) in [6, 6.07) is 12.9. The standard InChI is InChI=1S/C19H24N2O4S/c1-4-8-14(2)21-26(23,24)16-11-12-18(25-3)17(13-16)20-19(22)15-9-6-5-7-10-15/h5-7,9-14,21H,4,8H2,1-3H3,(H,20,22)/t14-/m1/s1. The van der Waals surface area contributed by atoms with E-state index in [9.17, 15) is 13.2 Å². The van der Waals surface area contributed by atoms with E-state index in [1.165, 1.54) is 25.3 Å². The summed E-state index contributed by atoms with van der Waals surface area (Å²) < 4.78 is 33.0. The molecule has 2 aromatic rings. The Bertz CT molecular complexity index is 851. The topological polar surface area (TPSA) is 84.5 Å². The lowest BCUT2D eigenvalue weighted by Gasteiger charge is -2.15. The zero-order chi connectivity index (χ0) is 19.2. The third-order valence-corrected chi connectivity index (χ3v) is 5.43. The number of amides is 1. The second kappa shape index (κ2) is 8.82. The van der Waals surface area contributed by atoms with Crippen molar-refractivity contribution in [1.82, 2.24) is 4.72 Å². The Morgan fingerprint density at radius 1 is 1.15 bits per heavy atom. The molecule has 0 aliphatic rings. The number of anilines is 1. The lowest BCUT2D eigenvalue weighted by molar-refractivity contribution is 0.102. The van der Waals surface area contributed by atoms with Gasteiger partial charge in [0.1, 0.15) is 5.75 Å². The lowest BCUT2D eigenvalue weighted by Crippen LogP contribution is -2.32. The molecule has 0 saturated carbocycles. The Balaban J connectivity index is 2.29. The number of sulfonamides is 1. The van der Waals surface area contributed by atoms with Crippen molar-refractivity contribution in [2.24, 2.45) is 0 Å². The highest BCUT2D eigenvalue weighted by Gasteiger charge is 2.20. The number of carbonyl (C=O) groups excluding carboxylic acids is 1. The van der Waals surface area contributed by atoms with Gasteiger partial charge in [0.15, 0.2) is 0 Å². The number of benzene rings is 2. The quantitative estimate of drug-likeness (QED) is 0.739. The molecule has 0 aliphatic carbocycles. The van der Waals surface area contributed by atoms with Crippen LogP contribution in [0.5, 0.6) is 5.75 Å². The molecule has 26 heavy (non-hydrogen) atoms. The highest BCUT2D eigenvalue weighted by molar-refractivity contribution is 7.89. The van der Waals surface area contributed by atoms with Crippen LogP contribution >= 0.6 is 0 Å². The fourth-order valence-corrected chi connectivity index (χ4v) is 3.86. The minimum absolute atomic E-state index is 0.0737. The molecule has 1 atom stereocenters. The Morgan fingerprint density at radius 2 is 1.85 bits per heavy atom. The highest BCUT2D eigenvalue weighted by Crippen LogP contribution is 2.28. The largest absolute Gasteiger partial charge is 0.495 e. The predicted molar refractivity (Wildman–Crippen MR) is 102 cm³/mol. The molecule has 0 unspecified atom stereocenters. The van der Waals surface area contributed by atoms with Gasteiger partial charge in [-0.25, -0.2) is 13.1 Å². The van der Waals surface area contributed by atoms with E-state index in [1.807, 2.05) is 19.9 Å². The van der Waals surface area contributed by atoms with E-state index in [4.69, 9.17) is 4.74 Å². The van der Waals surface area contributed by atoms with Crippen molar-refractivity contribution in [3.8, 4) is 5.75 Å². The fourth-order valence-electron chi connectivity index (χ4n) is 2.56. The minimum Gasteiger partial charge on any atom is -0.495 e. The van der Waals surface area contributed by atoms with Crippen LogP contribution in [-0.2, 0) is 10.0 Å². The minimum atomic E-state index is -3.69. The summed E-state index contributed by atoms with van der Waals surface area (Å²) in [6.07, 6.45) is 1.62. The van der Waals surface area contributed by atoms with Gasteiger partial charge in [-0.3, -0.25) is 4.79 Å². The summed E-state index contributed by atoms with van der Waals surface area (Å²) in [4.78, 5) is 12.4.